The summed E-state index contributed by atoms with van der Waals surface area (Å²) >= 11 is 0. The van der Waals surface area contributed by atoms with Gasteiger partial charge in [0.15, 0.2) is 5.96 Å². The van der Waals surface area contributed by atoms with Crippen molar-refractivity contribution in [1.82, 2.24) is 20.2 Å². The second kappa shape index (κ2) is 10.5. The second-order valence-corrected chi connectivity index (χ2v) is 6.27. The van der Waals surface area contributed by atoms with Crippen LogP contribution in [0.3, 0.4) is 0 Å². The van der Waals surface area contributed by atoms with Gasteiger partial charge in [-0.3, -0.25) is 4.99 Å². The third-order valence-corrected chi connectivity index (χ3v) is 4.23. The first-order valence-corrected chi connectivity index (χ1v) is 9.28. The van der Waals surface area contributed by atoms with Gasteiger partial charge in [0.2, 0.25) is 0 Å². The fourth-order valence-corrected chi connectivity index (χ4v) is 2.75. The zero-order valence-electron chi connectivity index (χ0n) is 16.4. The maximum Gasteiger partial charge on any atom is 0.191 e. The zero-order chi connectivity index (χ0) is 18.8. The van der Waals surface area contributed by atoms with E-state index in [1.807, 2.05) is 26.2 Å². The van der Waals surface area contributed by atoms with Gasteiger partial charge in [0, 0.05) is 44.6 Å². The first-order valence-electron chi connectivity index (χ1n) is 9.28. The molecule has 0 fully saturated rings. The maximum absolute atomic E-state index is 5.73. The molecule has 2 rings (SSSR count). The Morgan fingerprint density at radius 2 is 2.08 bits per heavy atom. The molecule has 1 heterocycles. The number of imidazole rings is 1. The first-order chi connectivity index (χ1) is 12.6. The number of aryl methyl sites for hydroxylation is 3. The van der Waals surface area contributed by atoms with Crippen LogP contribution in [0.15, 0.2) is 35.6 Å². The topological polar surface area (TPSA) is 63.5 Å². The minimum Gasteiger partial charge on any atom is -0.494 e. The van der Waals surface area contributed by atoms with E-state index in [-0.39, 0.29) is 0 Å². The highest BCUT2D eigenvalue weighted by Gasteiger charge is 2.05. The van der Waals surface area contributed by atoms with E-state index in [1.54, 1.807) is 7.05 Å². The highest BCUT2D eigenvalue weighted by Crippen LogP contribution is 2.20. The van der Waals surface area contributed by atoms with E-state index in [1.165, 1.54) is 5.56 Å². The van der Waals surface area contributed by atoms with E-state index in [0.717, 1.165) is 49.0 Å². The Balaban J connectivity index is 1.73. The molecular weight excluding hydrogens is 326 g/mol. The standard InChI is InChI=1S/C20H31N5O/c1-5-26-19-14-16(2)8-9-18(19)15-24-20(21-4)23-10-6-7-12-25-13-11-22-17(25)3/h8-9,11,13-14H,5-7,10,12,15H2,1-4H3,(H2,21,23,24). The summed E-state index contributed by atoms with van der Waals surface area (Å²) in [6.07, 6.45) is 6.06. The molecule has 0 saturated heterocycles. The van der Waals surface area contributed by atoms with Gasteiger partial charge in [-0.1, -0.05) is 12.1 Å². The van der Waals surface area contributed by atoms with Crippen LogP contribution in [0.25, 0.3) is 0 Å². The number of nitrogens with one attached hydrogen (secondary N) is 2. The van der Waals surface area contributed by atoms with Crippen LogP contribution < -0.4 is 15.4 Å². The number of ether oxygens (including phenoxy) is 1. The molecule has 0 amide bonds. The molecule has 0 aliphatic rings. The van der Waals surface area contributed by atoms with Gasteiger partial charge in [-0.25, -0.2) is 4.98 Å². The van der Waals surface area contributed by atoms with Gasteiger partial charge in [0.25, 0.3) is 0 Å². The van der Waals surface area contributed by atoms with Gasteiger partial charge in [0.1, 0.15) is 11.6 Å². The fourth-order valence-electron chi connectivity index (χ4n) is 2.75. The van der Waals surface area contributed by atoms with Gasteiger partial charge in [0.05, 0.1) is 6.61 Å². The lowest BCUT2D eigenvalue weighted by atomic mass is 10.1. The molecule has 0 bridgehead atoms. The predicted octanol–water partition coefficient (Wildman–Crippen LogP) is 3.04. The van der Waals surface area contributed by atoms with Crippen molar-refractivity contribution in [3.05, 3.63) is 47.5 Å². The smallest absolute Gasteiger partial charge is 0.191 e. The average Bonchev–Trinajstić information content (AvgIpc) is 3.04. The third-order valence-electron chi connectivity index (χ3n) is 4.23. The van der Waals surface area contributed by atoms with E-state index in [0.29, 0.717) is 13.2 Å². The molecular formula is C20H31N5O. The van der Waals surface area contributed by atoms with E-state index in [9.17, 15) is 0 Å². The largest absolute Gasteiger partial charge is 0.494 e. The summed E-state index contributed by atoms with van der Waals surface area (Å²) in [5, 5.41) is 6.73. The van der Waals surface area contributed by atoms with E-state index < -0.39 is 0 Å². The highest BCUT2D eigenvalue weighted by atomic mass is 16.5. The van der Waals surface area contributed by atoms with E-state index in [4.69, 9.17) is 4.74 Å². The second-order valence-electron chi connectivity index (χ2n) is 6.27. The minimum atomic E-state index is 0.666. The summed E-state index contributed by atoms with van der Waals surface area (Å²) in [7, 11) is 1.79. The van der Waals surface area contributed by atoms with Crippen molar-refractivity contribution in [3.8, 4) is 5.75 Å². The van der Waals surface area contributed by atoms with Crippen LogP contribution in [-0.4, -0.2) is 35.7 Å². The molecule has 0 saturated carbocycles. The molecule has 26 heavy (non-hydrogen) atoms. The molecule has 0 radical (unpaired) electrons. The van der Waals surface area contributed by atoms with Crippen LogP contribution in [0, 0.1) is 13.8 Å². The number of nitrogens with zero attached hydrogens (tertiary/aromatic N) is 3. The van der Waals surface area contributed by atoms with Crippen LogP contribution in [-0.2, 0) is 13.1 Å². The molecule has 0 unspecified atom stereocenters. The van der Waals surface area contributed by atoms with E-state index >= 15 is 0 Å². The lowest BCUT2D eigenvalue weighted by Gasteiger charge is -2.15. The summed E-state index contributed by atoms with van der Waals surface area (Å²) in [4.78, 5) is 8.54. The summed E-state index contributed by atoms with van der Waals surface area (Å²) < 4.78 is 7.91. The first kappa shape index (κ1) is 19.8. The van der Waals surface area contributed by atoms with Crippen molar-refractivity contribution in [3.63, 3.8) is 0 Å². The Morgan fingerprint density at radius 1 is 1.23 bits per heavy atom. The number of aliphatic imine (C=N–C) groups is 1. The molecule has 1 aromatic heterocycles. The molecule has 1 aromatic carbocycles. The van der Waals surface area contributed by atoms with Crippen molar-refractivity contribution in [1.29, 1.82) is 0 Å². The molecule has 0 aliphatic heterocycles. The van der Waals surface area contributed by atoms with Gasteiger partial charge < -0.3 is 19.9 Å². The van der Waals surface area contributed by atoms with Crippen LogP contribution in [0.5, 0.6) is 5.75 Å². The minimum absolute atomic E-state index is 0.666. The third kappa shape index (κ3) is 6.10. The van der Waals surface area contributed by atoms with Crippen LogP contribution in [0.1, 0.15) is 36.7 Å². The normalized spacial score (nSPS) is 11.5. The molecule has 0 atom stereocenters. The number of hydrogen-bond donors (Lipinski definition) is 2. The number of rotatable bonds is 9. The Labute approximate surface area is 156 Å². The Morgan fingerprint density at radius 3 is 2.77 bits per heavy atom. The van der Waals surface area contributed by atoms with Crippen LogP contribution >= 0.6 is 0 Å². The molecule has 6 nitrogen and oxygen atoms in total. The SMILES string of the molecule is CCOc1cc(C)ccc1CNC(=NC)NCCCCn1ccnc1C. The number of aromatic nitrogens is 2. The maximum atomic E-state index is 5.73. The Hall–Kier alpha value is -2.50. The quantitative estimate of drug-likeness (QED) is 0.411. The van der Waals surface area contributed by atoms with Crippen molar-refractivity contribution >= 4 is 5.96 Å². The van der Waals surface area contributed by atoms with Crippen LogP contribution in [0.4, 0.5) is 0 Å². The Kier molecular flexibility index (Phi) is 7.99. The lowest BCUT2D eigenvalue weighted by Crippen LogP contribution is -2.37. The van der Waals surface area contributed by atoms with Crippen molar-refractivity contribution in [2.24, 2.45) is 4.99 Å². The van der Waals surface area contributed by atoms with Crippen molar-refractivity contribution < 1.29 is 4.74 Å². The summed E-state index contributed by atoms with van der Waals surface area (Å²) in [6, 6.07) is 6.29. The number of hydrogen-bond acceptors (Lipinski definition) is 3. The summed E-state index contributed by atoms with van der Waals surface area (Å²) in [6.45, 7) is 9.35. The molecule has 2 N–H and O–H groups in total. The highest BCUT2D eigenvalue weighted by molar-refractivity contribution is 5.79. The average molecular weight is 358 g/mol. The monoisotopic (exact) mass is 357 g/mol. The zero-order valence-corrected chi connectivity index (χ0v) is 16.4. The summed E-state index contributed by atoms with van der Waals surface area (Å²) in [5.74, 6) is 2.82. The number of benzene rings is 1. The number of guanidine groups is 1. The van der Waals surface area contributed by atoms with Crippen LogP contribution in [0.2, 0.25) is 0 Å². The summed E-state index contributed by atoms with van der Waals surface area (Å²) in [5.41, 5.74) is 2.34. The molecule has 2 aromatic rings. The van der Waals surface area contributed by atoms with E-state index in [2.05, 4.69) is 50.3 Å². The van der Waals surface area contributed by atoms with Crippen molar-refractivity contribution in [2.75, 3.05) is 20.2 Å². The fraction of sp³-hybridized carbons (Fsp3) is 0.500. The number of unbranched alkanes of at least 4 members (excludes halogenated alkanes) is 1. The molecule has 6 heteroatoms. The molecule has 142 valence electrons. The predicted molar refractivity (Wildman–Crippen MR) is 107 cm³/mol. The van der Waals surface area contributed by atoms with Gasteiger partial charge in [-0.15, -0.1) is 0 Å². The lowest BCUT2D eigenvalue weighted by molar-refractivity contribution is 0.336. The molecule has 0 aliphatic carbocycles. The molecule has 0 spiro atoms. The van der Waals surface area contributed by atoms with Gasteiger partial charge in [-0.05, 0) is 45.2 Å². The van der Waals surface area contributed by atoms with Gasteiger partial charge >= 0.3 is 0 Å². The van der Waals surface area contributed by atoms with Crippen molar-refractivity contribution in [2.45, 2.75) is 46.7 Å². The Bertz CT molecular complexity index is 708. The van der Waals surface area contributed by atoms with Gasteiger partial charge in [-0.2, -0.15) is 0 Å².